The van der Waals surface area contributed by atoms with Crippen molar-refractivity contribution in [2.24, 2.45) is 0 Å². The van der Waals surface area contributed by atoms with Crippen molar-refractivity contribution in [1.82, 2.24) is 25.1 Å². The van der Waals surface area contributed by atoms with E-state index < -0.39 is 11.6 Å². The fourth-order valence-corrected chi connectivity index (χ4v) is 4.43. The Balaban J connectivity index is 1.69. The number of aromatic nitrogens is 4. The number of nitrogens with zero attached hydrogens (tertiary/aromatic N) is 6. The Kier molecular flexibility index (Phi) is 5.47. The smallest absolute Gasteiger partial charge is 0.354 e. The van der Waals surface area contributed by atoms with Gasteiger partial charge in [0.2, 0.25) is 11.6 Å². The van der Waals surface area contributed by atoms with Gasteiger partial charge in [0.05, 0.1) is 11.3 Å². The number of carbonyl (C=O) groups excluding carboxylic acids is 3. The van der Waals surface area contributed by atoms with E-state index in [1.807, 2.05) is 13.8 Å². The number of unbranched alkanes of at least 4 members (excludes halogenated alkanes) is 1. The van der Waals surface area contributed by atoms with E-state index in [4.69, 9.17) is 4.74 Å². The first-order chi connectivity index (χ1) is 14.9. The molecule has 0 N–H and O–H groups in total. The molecule has 3 heterocycles. The van der Waals surface area contributed by atoms with Crippen LogP contribution in [0.3, 0.4) is 0 Å². The first-order valence-electron chi connectivity index (χ1n) is 10.6. The number of hydrogen-bond acceptors (Lipinski definition) is 7. The molecule has 0 saturated carbocycles. The zero-order valence-electron chi connectivity index (χ0n) is 17.9. The van der Waals surface area contributed by atoms with Gasteiger partial charge in [0.25, 0.3) is 5.91 Å². The molecule has 0 bridgehead atoms. The monoisotopic (exact) mass is 426 g/mol. The molecule has 1 atom stereocenters. The Hall–Kier alpha value is -3.30. The van der Waals surface area contributed by atoms with Crippen LogP contribution in [0.1, 0.15) is 62.6 Å². The number of ether oxygens (including phenoxy) is 1. The van der Waals surface area contributed by atoms with E-state index in [1.165, 1.54) is 9.80 Å². The molecule has 0 radical (unpaired) electrons. The zero-order chi connectivity index (χ0) is 22.2. The predicted octanol–water partition coefficient (Wildman–Crippen LogP) is 1.90. The maximum Gasteiger partial charge on any atom is 0.354 e. The average molecular weight is 426 g/mol. The van der Waals surface area contributed by atoms with Crippen LogP contribution in [-0.4, -0.2) is 54.6 Å². The summed E-state index contributed by atoms with van der Waals surface area (Å²) in [5, 5.41) is 11.6. The molecule has 1 saturated heterocycles. The lowest BCUT2D eigenvalue weighted by Crippen LogP contribution is -2.70. The second-order valence-corrected chi connectivity index (χ2v) is 8.08. The fraction of sp³-hybridized carbons (Fsp3) is 0.524. The van der Waals surface area contributed by atoms with Crippen LogP contribution in [0.25, 0.3) is 0 Å². The minimum absolute atomic E-state index is 0.138. The topological polar surface area (TPSA) is 111 Å². The first-order valence-corrected chi connectivity index (χ1v) is 10.6. The summed E-state index contributed by atoms with van der Waals surface area (Å²) in [6.45, 7) is 6.20. The standard InChI is InChI=1S/C21H26N6O4/c1-4-5-12-25-17(22-23-24-25)13-31-20(30)21-11-10-18(28)27(21)16-9-7-6-8-15(16)19(29)26(21)14(2)3/h6-9,14H,4-5,10-13H2,1-3H3. The zero-order valence-corrected chi connectivity index (χ0v) is 17.9. The number of para-hydroxylation sites is 1. The van der Waals surface area contributed by atoms with Crippen LogP contribution in [0.15, 0.2) is 24.3 Å². The summed E-state index contributed by atoms with van der Waals surface area (Å²) in [4.78, 5) is 42.7. The first kappa shape index (κ1) is 21.0. The van der Waals surface area contributed by atoms with Crippen LogP contribution >= 0.6 is 0 Å². The van der Waals surface area contributed by atoms with Crippen molar-refractivity contribution in [3.05, 3.63) is 35.7 Å². The van der Waals surface area contributed by atoms with Crippen LogP contribution in [-0.2, 0) is 27.5 Å². The lowest BCUT2D eigenvalue weighted by Gasteiger charge is -2.50. The molecule has 2 amide bonds. The van der Waals surface area contributed by atoms with E-state index in [9.17, 15) is 14.4 Å². The molecular formula is C21H26N6O4. The third-order valence-corrected chi connectivity index (χ3v) is 5.80. The molecule has 10 heteroatoms. The summed E-state index contributed by atoms with van der Waals surface area (Å²) in [6, 6.07) is 6.55. The summed E-state index contributed by atoms with van der Waals surface area (Å²) in [7, 11) is 0. The van der Waals surface area contributed by atoms with Crippen LogP contribution in [0.2, 0.25) is 0 Å². The van der Waals surface area contributed by atoms with Gasteiger partial charge in [0.1, 0.15) is 0 Å². The van der Waals surface area contributed by atoms with Gasteiger partial charge in [-0.15, -0.1) is 5.10 Å². The predicted molar refractivity (Wildman–Crippen MR) is 110 cm³/mol. The molecule has 31 heavy (non-hydrogen) atoms. The lowest BCUT2D eigenvalue weighted by molar-refractivity contribution is -0.160. The van der Waals surface area contributed by atoms with Crippen molar-refractivity contribution in [1.29, 1.82) is 0 Å². The summed E-state index contributed by atoms with van der Waals surface area (Å²) in [6.07, 6.45) is 2.19. The second-order valence-electron chi connectivity index (χ2n) is 8.08. The highest BCUT2D eigenvalue weighted by Crippen LogP contribution is 2.46. The number of rotatable bonds is 7. The van der Waals surface area contributed by atoms with Gasteiger partial charge in [-0.05, 0) is 42.8 Å². The van der Waals surface area contributed by atoms with Crippen LogP contribution in [0.5, 0.6) is 0 Å². The van der Waals surface area contributed by atoms with Gasteiger partial charge in [-0.1, -0.05) is 25.5 Å². The van der Waals surface area contributed by atoms with Crippen molar-refractivity contribution >= 4 is 23.5 Å². The third-order valence-electron chi connectivity index (χ3n) is 5.80. The van der Waals surface area contributed by atoms with Gasteiger partial charge in [-0.3, -0.25) is 14.5 Å². The number of hydrogen-bond donors (Lipinski definition) is 0. The highest BCUT2D eigenvalue weighted by molar-refractivity contribution is 6.15. The van der Waals surface area contributed by atoms with Gasteiger partial charge < -0.3 is 9.64 Å². The fourth-order valence-electron chi connectivity index (χ4n) is 4.43. The summed E-state index contributed by atoms with van der Waals surface area (Å²) >= 11 is 0. The molecule has 0 aliphatic carbocycles. The molecule has 1 fully saturated rings. The van der Waals surface area contributed by atoms with E-state index in [-0.39, 0.29) is 37.3 Å². The highest BCUT2D eigenvalue weighted by Gasteiger charge is 2.62. The number of amides is 2. The molecule has 10 nitrogen and oxygen atoms in total. The Morgan fingerprint density at radius 1 is 1.26 bits per heavy atom. The van der Waals surface area contributed by atoms with Gasteiger partial charge in [0, 0.05) is 25.4 Å². The molecule has 1 aromatic heterocycles. The van der Waals surface area contributed by atoms with Crippen molar-refractivity contribution in [3.63, 3.8) is 0 Å². The lowest BCUT2D eigenvalue weighted by atomic mass is 9.95. The molecule has 1 aromatic carbocycles. The molecule has 0 spiro atoms. The quantitative estimate of drug-likeness (QED) is 0.622. The van der Waals surface area contributed by atoms with E-state index >= 15 is 0 Å². The van der Waals surface area contributed by atoms with Crippen LogP contribution in [0, 0.1) is 0 Å². The number of tetrazole rings is 1. The van der Waals surface area contributed by atoms with Gasteiger partial charge in [-0.25, -0.2) is 9.48 Å². The van der Waals surface area contributed by atoms with Crippen molar-refractivity contribution in [2.45, 2.75) is 71.3 Å². The molecule has 4 rings (SSSR count). The van der Waals surface area contributed by atoms with Crippen molar-refractivity contribution < 1.29 is 19.1 Å². The van der Waals surface area contributed by atoms with Gasteiger partial charge in [0.15, 0.2) is 12.4 Å². The number of fused-ring (bicyclic) bond motifs is 3. The maximum atomic E-state index is 13.5. The number of aryl methyl sites for hydroxylation is 1. The van der Waals surface area contributed by atoms with E-state index in [2.05, 4.69) is 22.4 Å². The number of anilines is 1. The van der Waals surface area contributed by atoms with E-state index in [1.54, 1.807) is 28.9 Å². The maximum absolute atomic E-state index is 13.5. The summed E-state index contributed by atoms with van der Waals surface area (Å²) < 4.78 is 7.26. The SMILES string of the molecule is CCCCn1nnnc1COC(=O)C12CCC(=O)N1c1ccccc1C(=O)N2C(C)C. The Morgan fingerprint density at radius 3 is 2.77 bits per heavy atom. The second kappa shape index (κ2) is 8.09. The molecule has 2 aromatic rings. The Bertz CT molecular complexity index is 1020. The summed E-state index contributed by atoms with van der Waals surface area (Å²) in [5.41, 5.74) is -0.673. The number of esters is 1. The molecule has 1 unspecified atom stereocenters. The third kappa shape index (κ3) is 3.26. The number of carbonyl (C=O) groups is 3. The molecular weight excluding hydrogens is 400 g/mol. The minimum atomic E-state index is -1.52. The highest BCUT2D eigenvalue weighted by atomic mass is 16.5. The Morgan fingerprint density at radius 2 is 2.03 bits per heavy atom. The molecule has 2 aliphatic heterocycles. The largest absolute Gasteiger partial charge is 0.454 e. The minimum Gasteiger partial charge on any atom is -0.454 e. The number of benzene rings is 1. The molecule has 2 aliphatic rings. The average Bonchev–Trinajstić information content (AvgIpc) is 3.35. The van der Waals surface area contributed by atoms with Crippen molar-refractivity contribution in [3.8, 4) is 0 Å². The van der Waals surface area contributed by atoms with E-state index in [0.717, 1.165) is 12.8 Å². The Labute approximate surface area is 180 Å². The van der Waals surface area contributed by atoms with Gasteiger partial charge >= 0.3 is 5.97 Å². The van der Waals surface area contributed by atoms with E-state index in [0.29, 0.717) is 23.6 Å². The van der Waals surface area contributed by atoms with Crippen LogP contribution in [0.4, 0.5) is 5.69 Å². The normalized spacial score (nSPS) is 20.3. The summed E-state index contributed by atoms with van der Waals surface area (Å²) in [5.74, 6) is -0.732. The molecule has 164 valence electrons. The van der Waals surface area contributed by atoms with Gasteiger partial charge in [-0.2, -0.15) is 0 Å². The van der Waals surface area contributed by atoms with Crippen molar-refractivity contribution in [2.75, 3.05) is 4.90 Å². The van der Waals surface area contributed by atoms with Crippen LogP contribution < -0.4 is 4.90 Å².